The molecular weight excluding hydrogens is 132 g/mol. The fourth-order valence-electron chi connectivity index (χ4n) is 0.518. The Morgan fingerprint density at radius 2 is 2.20 bits per heavy atom. The third-order valence-electron chi connectivity index (χ3n) is 1.27. The summed E-state index contributed by atoms with van der Waals surface area (Å²) >= 11 is 0. The Morgan fingerprint density at radius 3 is 2.70 bits per heavy atom. The quantitative estimate of drug-likeness (QED) is 0.443. The van der Waals surface area contributed by atoms with Gasteiger partial charge in [0.1, 0.15) is 6.79 Å². The van der Waals surface area contributed by atoms with E-state index in [9.17, 15) is 0 Å². The standard InChI is InChI=1S/C7H16O3/c1-7(5-8)3-4-10-6-9-2/h7-8H,3-6H2,1-2H3/t7-/m1/s1. The van der Waals surface area contributed by atoms with Crippen molar-refractivity contribution in [3.63, 3.8) is 0 Å². The van der Waals surface area contributed by atoms with E-state index < -0.39 is 0 Å². The van der Waals surface area contributed by atoms with Gasteiger partial charge in [0.05, 0.1) is 0 Å². The fraction of sp³-hybridized carbons (Fsp3) is 1.00. The molecule has 0 fully saturated rings. The zero-order chi connectivity index (χ0) is 7.82. The van der Waals surface area contributed by atoms with Crippen LogP contribution in [-0.4, -0.2) is 32.2 Å². The lowest BCUT2D eigenvalue weighted by atomic mass is 10.1. The Morgan fingerprint density at radius 1 is 1.50 bits per heavy atom. The van der Waals surface area contributed by atoms with E-state index in [1.54, 1.807) is 7.11 Å². The summed E-state index contributed by atoms with van der Waals surface area (Å²) in [6, 6.07) is 0. The lowest BCUT2D eigenvalue weighted by Crippen LogP contribution is -2.06. The van der Waals surface area contributed by atoms with Crippen molar-refractivity contribution in [2.75, 3.05) is 27.1 Å². The fourth-order valence-corrected chi connectivity index (χ4v) is 0.518. The van der Waals surface area contributed by atoms with Gasteiger partial charge in [-0.3, -0.25) is 0 Å². The Kier molecular flexibility index (Phi) is 6.91. The molecule has 10 heavy (non-hydrogen) atoms. The van der Waals surface area contributed by atoms with Crippen LogP contribution in [0, 0.1) is 5.92 Å². The second-order valence-electron chi connectivity index (χ2n) is 2.39. The van der Waals surface area contributed by atoms with E-state index in [1.807, 2.05) is 6.92 Å². The topological polar surface area (TPSA) is 38.7 Å². The molecule has 1 atom stereocenters. The summed E-state index contributed by atoms with van der Waals surface area (Å²) in [5, 5.41) is 8.60. The van der Waals surface area contributed by atoms with Crippen LogP contribution in [0.4, 0.5) is 0 Å². The molecule has 0 aromatic carbocycles. The van der Waals surface area contributed by atoms with Gasteiger partial charge in [0.15, 0.2) is 0 Å². The minimum atomic E-state index is 0.232. The summed E-state index contributed by atoms with van der Waals surface area (Å²) in [6.07, 6.45) is 0.889. The zero-order valence-corrected chi connectivity index (χ0v) is 6.67. The van der Waals surface area contributed by atoms with Crippen molar-refractivity contribution in [1.82, 2.24) is 0 Å². The van der Waals surface area contributed by atoms with E-state index in [4.69, 9.17) is 9.84 Å². The average Bonchev–Trinajstić information content (AvgIpc) is 1.98. The van der Waals surface area contributed by atoms with E-state index in [1.165, 1.54) is 0 Å². The number of aliphatic hydroxyl groups excluding tert-OH is 1. The Hall–Kier alpha value is -0.120. The van der Waals surface area contributed by atoms with E-state index in [0.29, 0.717) is 19.3 Å². The third kappa shape index (κ3) is 6.01. The molecule has 0 saturated carbocycles. The highest BCUT2D eigenvalue weighted by molar-refractivity contribution is 4.47. The van der Waals surface area contributed by atoms with Gasteiger partial charge >= 0.3 is 0 Å². The molecule has 0 aliphatic heterocycles. The van der Waals surface area contributed by atoms with Crippen molar-refractivity contribution in [2.45, 2.75) is 13.3 Å². The lowest BCUT2D eigenvalue weighted by molar-refractivity contribution is -0.0354. The maximum absolute atomic E-state index is 8.60. The second kappa shape index (κ2) is 6.99. The van der Waals surface area contributed by atoms with Crippen LogP contribution >= 0.6 is 0 Å². The van der Waals surface area contributed by atoms with Gasteiger partial charge in [0, 0.05) is 20.3 Å². The van der Waals surface area contributed by atoms with Crippen molar-refractivity contribution < 1.29 is 14.6 Å². The molecule has 3 nitrogen and oxygen atoms in total. The number of rotatable bonds is 6. The van der Waals surface area contributed by atoms with Gasteiger partial charge in [-0.2, -0.15) is 0 Å². The summed E-state index contributed by atoms with van der Waals surface area (Å²) in [6.45, 7) is 3.22. The SMILES string of the molecule is COCOCC[C@@H](C)CO. The predicted molar refractivity (Wildman–Crippen MR) is 38.7 cm³/mol. The summed E-state index contributed by atoms with van der Waals surface area (Å²) in [7, 11) is 1.59. The van der Waals surface area contributed by atoms with Crippen LogP contribution < -0.4 is 0 Å². The van der Waals surface area contributed by atoms with E-state index in [2.05, 4.69) is 4.74 Å². The van der Waals surface area contributed by atoms with Gasteiger partial charge in [0.2, 0.25) is 0 Å². The highest BCUT2D eigenvalue weighted by Gasteiger charge is 1.97. The molecule has 3 heteroatoms. The van der Waals surface area contributed by atoms with E-state index in [0.717, 1.165) is 6.42 Å². The lowest BCUT2D eigenvalue weighted by Gasteiger charge is -2.06. The van der Waals surface area contributed by atoms with Gasteiger partial charge in [-0.25, -0.2) is 0 Å². The van der Waals surface area contributed by atoms with Crippen LogP contribution in [0.25, 0.3) is 0 Å². The monoisotopic (exact) mass is 148 g/mol. The highest BCUT2D eigenvalue weighted by atomic mass is 16.7. The molecule has 1 N–H and O–H groups in total. The maximum atomic E-state index is 8.60. The van der Waals surface area contributed by atoms with Crippen molar-refractivity contribution in [3.8, 4) is 0 Å². The Bertz CT molecular complexity index is 65.9. The van der Waals surface area contributed by atoms with E-state index >= 15 is 0 Å². The molecule has 62 valence electrons. The molecule has 0 aliphatic rings. The normalized spacial score (nSPS) is 13.5. The van der Waals surface area contributed by atoms with Gasteiger partial charge in [-0.05, 0) is 12.3 Å². The molecule has 0 radical (unpaired) electrons. The van der Waals surface area contributed by atoms with Crippen molar-refractivity contribution >= 4 is 0 Å². The minimum absolute atomic E-state index is 0.232. The molecule has 0 aromatic heterocycles. The molecule has 0 heterocycles. The van der Waals surface area contributed by atoms with Crippen LogP contribution in [0.1, 0.15) is 13.3 Å². The molecular formula is C7H16O3. The van der Waals surface area contributed by atoms with Crippen LogP contribution in [0.3, 0.4) is 0 Å². The van der Waals surface area contributed by atoms with Gasteiger partial charge in [-0.15, -0.1) is 0 Å². The number of methoxy groups -OCH3 is 1. The first kappa shape index (κ1) is 9.88. The Balaban J connectivity index is 2.89. The molecule has 0 spiro atoms. The van der Waals surface area contributed by atoms with Crippen LogP contribution in [0.2, 0.25) is 0 Å². The van der Waals surface area contributed by atoms with Crippen LogP contribution in [0.5, 0.6) is 0 Å². The van der Waals surface area contributed by atoms with Crippen molar-refractivity contribution in [3.05, 3.63) is 0 Å². The van der Waals surface area contributed by atoms with Gasteiger partial charge in [-0.1, -0.05) is 6.92 Å². The average molecular weight is 148 g/mol. The highest BCUT2D eigenvalue weighted by Crippen LogP contribution is 1.99. The molecule has 0 bridgehead atoms. The number of aliphatic hydroxyl groups is 1. The van der Waals surface area contributed by atoms with Gasteiger partial charge < -0.3 is 14.6 Å². The minimum Gasteiger partial charge on any atom is -0.396 e. The number of hydrogen-bond acceptors (Lipinski definition) is 3. The number of ether oxygens (including phenoxy) is 2. The number of hydrogen-bond donors (Lipinski definition) is 1. The maximum Gasteiger partial charge on any atom is 0.146 e. The zero-order valence-electron chi connectivity index (χ0n) is 6.67. The summed E-state index contributed by atoms with van der Waals surface area (Å²) in [5.41, 5.74) is 0. The summed E-state index contributed by atoms with van der Waals surface area (Å²) in [5.74, 6) is 0.330. The molecule has 0 aliphatic carbocycles. The predicted octanol–water partition coefficient (Wildman–Crippen LogP) is 0.625. The first-order chi connectivity index (χ1) is 4.81. The smallest absolute Gasteiger partial charge is 0.146 e. The third-order valence-corrected chi connectivity index (χ3v) is 1.27. The summed E-state index contributed by atoms with van der Waals surface area (Å²) in [4.78, 5) is 0. The van der Waals surface area contributed by atoms with E-state index in [-0.39, 0.29) is 6.61 Å². The molecule has 0 saturated heterocycles. The van der Waals surface area contributed by atoms with Gasteiger partial charge in [0.25, 0.3) is 0 Å². The van der Waals surface area contributed by atoms with Crippen molar-refractivity contribution in [2.24, 2.45) is 5.92 Å². The molecule has 0 aromatic rings. The Labute approximate surface area is 62.0 Å². The largest absolute Gasteiger partial charge is 0.396 e. The second-order valence-corrected chi connectivity index (χ2v) is 2.39. The van der Waals surface area contributed by atoms with Crippen LogP contribution in [-0.2, 0) is 9.47 Å². The first-order valence-corrected chi connectivity index (χ1v) is 3.48. The molecule has 0 amide bonds. The summed E-state index contributed by atoms with van der Waals surface area (Å²) < 4.78 is 9.69. The first-order valence-electron chi connectivity index (χ1n) is 3.48. The van der Waals surface area contributed by atoms with Crippen molar-refractivity contribution in [1.29, 1.82) is 0 Å². The molecule has 0 unspecified atom stereocenters. The van der Waals surface area contributed by atoms with Crippen LogP contribution in [0.15, 0.2) is 0 Å². The molecule has 0 rings (SSSR count).